The number of rotatable bonds is 3. The molecule has 0 aromatic carbocycles. The Hall–Kier alpha value is -0.960. The number of aromatic nitrogens is 2. The summed E-state index contributed by atoms with van der Waals surface area (Å²) in [5, 5.41) is 3.22. The summed E-state index contributed by atoms with van der Waals surface area (Å²) < 4.78 is 0. The lowest BCUT2D eigenvalue weighted by Crippen LogP contribution is -2.27. The molecule has 1 heterocycles. The molecule has 0 saturated heterocycles. The zero-order valence-corrected chi connectivity index (χ0v) is 8.70. The number of hydrogen-bond acceptors (Lipinski definition) is 3. The zero-order valence-electron chi connectivity index (χ0n) is 8.70. The van der Waals surface area contributed by atoms with Crippen molar-refractivity contribution in [3.8, 4) is 0 Å². The van der Waals surface area contributed by atoms with Crippen LogP contribution in [0.3, 0.4) is 0 Å². The van der Waals surface area contributed by atoms with E-state index in [1.54, 1.807) is 0 Å². The van der Waals surface area contributed by atoms with E-state index in [4.69, 9.17) is 0 Å². The van der Waals surface area contributed by atoms with Gasteiger partial charge in [0.05, 0.1) is 0 Å². The summed E-state index contributed by atoms with van der Waals surface area (Å²) in [7, 11) is 1.97. The van der Waals surface area contributed by atoms with E-state index in [0.29, 0.717) is 12.0 Å². The summed E-state index contributed by atoms with van der Waals surface area (Å²) in [5.41, 5.74) is 1.11. The van der Waals surface area contributed by atoms with Crippen LogP contribution >= 0.6 is 0 Å². The minimum atomic E-state index is 0.423. The van der Waals surface area contributed by atoms with Gasteiger partial charge >= 0.3 is 0 Å². The van der Waals surface area contributed by atoms with E-state index >= 15 is 0 Å². The van der Waals surface area contributed by atoms with Crippen LogP contribution in [-0.4, -0.2) is 23.1 Å². The van der Waals surface area contributed by atoms with Crippen molar-refractivity contribution in [3.63, 3.8) is 0 Å². The second-order valence-electron chi connectivity index (χ2n) is 3.39. The maximum absolute atomic E-state index is 4.39. The van der Waals surface area contributed by atoms with Crippen molar-refractivity contribution in [3.05, 3.63) is 23.8 Å². The normalized spacial score (nSPS) is 15.4. The van der Waals surface area contributed by atoms with E-state index in [0.717, 1.165) is 11.5 Å². The molecule has 0 aliphatic heterocycles. The summed E-state index contributed by atoms with van der Waals surface area (Å²) >= 11 is 0. The molecule has 0 aliphatic rings. The minimum Gasteiger partial charge on any atom is -0.317 e. The summed E-state index contributed by atoms with van der Waals surface area (Å²) in [5.74, 6) is 1.26. The Labute approximate surface area is 79.6 Å². The maximum Gasteiger partial charge on any atom is 0.125 e. The van der Waals surface area contributed by atoms with Crippen LogP contribution in [0, 0.1) is 6.92 Å². The molecule has 1 N–H and O–H groups in total. The fourth-order valence-corrected chi connectivity index (χ4v) is 1.23. The predicted octanol–water partition coefficient (Wildman–Crippen LogP) is 1.50. The molecule has 1 aromatic heterocycles. The number of hydrogen-bond donors (Lipinski definition) is 1. The van der Waals surface area contributed by atoms with Gasteiger partial charge in [0.25, 0.3) is 0 Å². The number of nitrogens with one attached hydrogen (secondary N) is 1. The smallest absolute Gasteiger partial charge is 0.125 e. The lowest BCUT2D eigenvalue weighted by atomic mass is 10.00. The van der Waals surface area contributed by atoms with Crippen molar-refractivity contribution < 1.29 is 0 Å². The highest BCUT2D eigenvalue weighted by Crippen LogP contribution is 2.15. The van der Waals surface area contributed by atoms with E-state index in [2.05, 4.69) is 29.1 Å². The van der Waals surface area contributed by atoms with Crippen LogP contribution in [-0.2, 0) is 0 Å². The molecular formula is C10H17N3. The van der Waals surface area contributed by atoms with Gasteiger partial charge in [-0.15, -0.1) is 0 Å². The number of nitrogens with zero attached hydrogens (tertiary/aromatic N) is 2. The molecule has 1 aromatic rings. The van der Waals surface area contributed by atoms with Crippen LogP contribution in [0.1, 0.15) is 31.3 Å². The van der Waals surface area contributed by atoms with Crippen molar-refractivity contribution in [2.24, 2.45) is 0 Å². The molecule has 0 saturated carbocycles. The van der Waals surface area contributed by atoms with Gasteiger partial charge in [0.15, 0.2) is 0 Å². The first kappa shape index (κ1) is 10.1. The first-order valence-electron chi connectivity index (χ1n) is 4.62. The van der Waals surface area contributed by atoms with E-state index in [1.165, 1.54) is 0 Å². The van der Waals surface area contributed by atoms with Crippen LogP contribution in [0.2, 0.25) is 0 Å². The SMILES string of the molecule is CNC(C)C(C)c1ccnc(C)n1. The lowest BCUT2D eigenvalue weighted by Gasteiger charge is -2.18. The maximum atomic E-state index is 4.39. The summed E-state index contributed by atoms with van der Waals surface area (Å²) in [6, 6.07) is 2.42. The van der Waals surface area contributed by atoms with Gasteiger partial charge in [-0.2, -0.15) is 0 Å². The van der Waals surface area contributed by atoms with Crippen molar-refractivity contribution in [2.75, 3.05) is 7.05 Å². The molecule has 3 heteroatoms. The topological polar surface area (TPSA) is 37.8 Å². The van der Waals surface area contributed by atoms with Gasteiger partial charge in [0, 0.05) is 23.9 Å². The highest BCUT2D eigenvalue weighted by molar-refractivity contribution is 5.09. The standard InChI is InChI=1S/C10H17N3/c1-7(8(2)11-4)10-5-6-12-9(3)13-10/h5-8,11H,1-4H3. The highest BCUT2D eigenvalue weighted by atomic mass is 14.9. The molecule has 72 valence electrons. The van der Waals surface area contributed by atoms with Crippen LogP contribution in [0.15, 0.2) is 12.3 Å². The van der Waals surface area contributed by atoms with Crippen molar-refractivity contribution in [1.82, 2.24) is 15.3 Å². The first-order chi connectivity index (χ1) is 6.15. The Balaban J connectivity index is 2.82. The third-order valence-corrected chi connectivity index (χ3v) is 2.47. The zero-order chi connectivity index (χ0) is 9.84. The van der Waals surface area contributed by atoms with Gasteiger partial charge in [0.2, 0.25) is 0 Å². The second kappa shape index (κ2) is 4.33. The largest absolute Gasteiger partial charge is 0.317 e. The first-order valence-corrected chi connectivity index (χ1v) is 4.62. The molecule has 2 unspecified atom stereocenters. The Morgan fingerprint density at radius 3 is 2.62 bits per heavy atom. The molecule has 3 nitrogen and oxygen atoms in total. The predicted molar refractivity (Wildman–Crippen MR) is 53.7 cm³/mol. The lowest BCUT2D eigenvalue weighted by molar-refractivity contribution is 0.513. The fraction of sp³-hybridized carbons (Fsp3) is 0.600. The van der Waals surface area contributed by atoms with E-state index in [9.17, 15) is 0 Å². The molecule has 1 rings (SSSR count). The molecule has 0 fully saturated rings. The quantitative estimate of drug-likeness (QED) is 0.764. The average Bonchev–Trinajstić information content (AvgIpc) is 2.15. The third kappa shape index (κ3) is 2.49. The van der Waals surface area contributed by atoms with E-state index < -0.39 is 0 Å². The van der Waals surface area contributed by atoms with Gasteiger partial charge < -0.3 is 5.32 Å². The average molecular weight is 179 g/mol. The summed E-state index contributed by atoms with van der Waals surface area (Å²) in [4.78, 5) is 8.47. The fourth-order valence-electron chi connectivity index (χ4n) is 1.23. The molecule has 0 amide bonds. The monoisotopic (exact) mass is 179 g/mol. The Kier molecular flexibility index (Phi) is 3.37. The van der Waals surface area contributed by atoms with Gasteiger partial charge in [0.1, 0.15) is 5.82 Å². The number of aryl methyl sites for hydroxylation is 1. The molecule has 13 heavy (non-hydrogen) atoms. The Bertz CT molecular complexity index is 273. The highest BCUT2D eigenvalue weighted by Gasteiger charge is 2.13. The van der Waals surface area contributed by atoms with Crippen molar-refractivity contribution >= 4 is 0 Å². The van der Waals surface area contributed by atoms with Gasteiger partial charge in [-0.25, -0.2) is 9.97 Å². The van der Waals surface area contributed by atoms with Crippen LogP contribution in [0.25, 0.3) is 0 Å². The minimum absolute atomic E-state index is 0.423. The van der Waals surface area contributed by atoms with Crippen molar-refractivity contribution in [1.29, 1.82) is 0 Å². The molecule has 0 bridgehead atoms. The molecule has 2 atom stereocenters. The van der Waals surface area contributed by atoms with Gasteiger partial charge in [-0.3, -0.25) is 0 Å². The second-order valence-corrected chi connectivity index (χ2v) is 3.39. The Morgan fingerprint density at radius 1 is 1.38 bits per heavy atom. The van der Waals surface area contributed by atoms with Crippen molar-refractivity contribution in [2.45, 2.75) is 32.7 Å². The van der Waals surface area contributed by atoms with Gasteiger partial charge in [-0.05, 0) is 27.0 Å². The summed E-state index contributed by atoms with van der Waals surface area (Å²) in [6.07, 6.45) is 1.82. The molecule has 0 radical (unpaired) electrons. The van der Waals surface area contributed by atoms with Crippen LogP contribution in [0.4, 0.5) is 0 Å². The third-order valence-electron chi connectivity index (χ3n) is 2.47. The van der Waals surface area contributed by atoms with Crippen LogP contribution < -0.4 is 5.32 Å². The molecular weight excluding hydrogens is 162 g/mol. The van der Waals surface area contributed by atoms with E-state index in [1.807, 2.05) is 26.2 Å². The van der Waals surface area contributed by atoms with E-state index in [-0.39, 0.29) is 0 Å². The number of likely N-dealkylation sites (N-methyl/N-ethyl adjacent to an activating group) is 1. The molecule has 0 aliphatic carbocycles. The van der Waals surface area contributed by atoms with Gasteiger partial charge in [-0.1, -0.05) is 6.92 Å². The van der Waals surface area contributed by atoms with Crippen LogP contribution in [0.5, 0.6) is 0 Å². The Morgan fingerprint density at radius 2 is 2.08 bits per heavy atom. The molecule has 0 spiro atoms. The summed E-state index contributed by atoms with van der Waals surface area (Å²) in [6.45, 7) is 6.24.